The molecule has 1 aliphatic rings. The third kappa shape index (κ3) is 2.99. The van der Waals surface area contributed by atoms with Crippen LogP contribution in [0.2, 0.25) is 0 Å². The van der Waals surface area contributed by atoms with E-state index < -0.39 is 38.7 Å². The van der Waals surface area contributed by atoms with Crippen LogP contribution in [-0.4, -0.2) is 37.0 Å². The molecular formula is C13H17F2NO3S. The maximum atomic E-state index is 13.2. The number of hydrogen-bond donors (Lipinski definition) is 1. The fourth-order valence-electron chi connectivity index (χ4n) is 2.54. The van der Waals surface area contributed by atoms with Crippen molar-refractivity contribution >= 4 is 10.0 Å². The lowest BCUT2D eigenvalue weighted by atomic mass is 9.93. The largest absolute Gasteiger partial charge is 0.391 e. The monoisotopic (exact) mass is 305 g/mol. The number of benzene rings is 1. The quantitative estimate of drug-likeness (QED) is 0.928. The Morgan fingerprint density at radius 3 is 2.25 bits per heavy atom. The number of aliphatic hydroxyl groups is 1. The van der Waals surface area contributed by atoms with E-state index in [1.54, 1.807) is 0 Å². The SMILES string of the molecule is CN(C1CCCCC1O)S(=O)(=O)c1cc(F)cc(F)c1. The van der Waals surface area contributed by atoms with Gasteiger partial charge in [-0.1, -0.05) is 12.8 Å². The molecule has 7 heteroatoms. The van der Waals surface area contributed by atoms with Gasteiger partial charge in [0.2, 0.25) is 10.0 Å². The topological polar surface area (TPSA) is 57.6 Å². The molecule has 1 N–H and O–H groups in total. The third-order valence-electron chi connectivity index (χ3n) is 3.67. The second kappa shape index (κ2) is 5.75. The molecule has 0 heterocycles. The zero-order valence-electron chi connectivity index (χ0n) is 11.1. The van der Waals surface area contributed by atoms with Crippen molar-refractivity contribution in [3.05, 3.63) is 29.8 Å². The number of aliphatic hydroxyl groups excluding tert-OH is 1. The molecule has 1 aromatic rings. The van der Waals surface area contributed by atoms with Gasteiger partial charge in [-0.05, 0) is 25.0 Å². The number of sulfonamides is 1. The van der Waals surface area contributed by atoms with Crippen LogP contribution in [0.3, 0.4) is 0 Å². The van der Waals surface area contributed by atoms with Gasteiger partial charge in [0.1, 0.15) is 11.6 Å². The highest BCUT2D eigenvalue weighted by molar-refractivity contribution is 7.89. The maximum absolute atomic E-state index is 13.2. The Labute approximate surface area is 117 Å². The van der Waals surface area contributed by atoms with E-state index in [0.717, 1.165) is 29.3 Å². The van der Waals surface area contributed by atoms with Crippen molar-refractivity contribution < 1.29 is 22.3 Å². The van der Waals surface area contributed by atoms with Crippen molar-refractivity contribution in [1.82, 2.24) is 4.31 Å². The first kappa shape index (κ1) is 15.3. The van der Waals surface area contributed by atoms with E-state index in [-0.39, 0.29) is 0 Å². The first-order valence-corrected chi connectivity index (χ1v) is 7.88. The zero-order chi connectivity index (χ0) is 14.9. The lowest BCUT2D eigenvalue weighted by Gasteiger charge is -2.34. The van der Waals surface area contributed by atoms with Crippen LogP contribution in [0, 0.1) is 11.6 Å². The summed E-state index contributed by atoms with van der Waals surface area (Å²) in [5, 5.41) is 9.90. The summed E-state index contributed by atoms with van der Waals surface area (Å²) in [6, 6.07) is 1.63. The van der Waals surface area contributed by atoms with E-state index >= 15 is 0 Å². The Morgan fingerprint density at radius 2 is 1.70 bits per heavy atom. The van der Waals surface area contributed by atoms with Crippen molar-refractivity contribution in [2.24, 2.45) is 0 Å². The molecule has 1 saturated carbocycles. The Kier molecular flexibility index (Phi) is 4.41. The van der Waals surface area contributed by atoms with Gasteiger partial charge < -0.3 is 5.11 Å². The highest BCUT2D eigenvalue weighted by atomic mass is 32.2. The van der Waals surface area contributed by atoms with E-state index in [0.29, 0.717) is 18.9 Å². The molecule has 2 atom stereocenters. The van der Waals surface area contributed by atoms with E-state index in [4.69, 9.17) is 0 Å². The van der Waals surface area contributed by atoms with Crippen LogP contribution in [0.25, 0.3) is 0 Å². The molecule has 112 valence electrons. The molecule has 4 nitrogen and oxygen atoms in total. The van der Waals surface area contributed by atoms with Gasteiger partial charge >= 0.3 is 0 Å². The highest BCUT2D eigenvalue weighted by Crippen LogP contribution is 2.27. The second-order valence-electron chi connectivity index (χ2n) is 5.05. The predicted octanol–water partition coefficient (Wildman–Crippen LogP) is 1.89. The smallest absolute Gasteiger partial charge is 0.243 e. The van der Waals surface area contributed by atoms with Crippen LogP contribution in [0.15, 0.2) is 23.1 Å². The maximum Gasteiger partial charge on any atom is 0.243 e. The van der Waals surface area contributed by atoms with E-state index in [1.807, 2.05) is 0 Å². The highest BCUT2D eigenvalue weighted by Gasteiger charge is 2.34. The normalized spacial score (nSPS) is 24.1. The van der Waals surface area contributed by atoms with Gasteiger partial charge in [-0.25, -0.2) is 17.2 Å². The van der Waals surface area contributed by atoms with Crippen LogP contribution in [0.5, 0.6) is 0 Å². The van der Waals surface area contributed by atoms with Crippen molar-refractivity contribution in [2.75, 3.05) is 7.05 Å². The molecule has 0 amide bonds. The van der Waals surface area contributed by atoms with Crippen LogP contribution >= 0.6 is 0 Å². The molecule has 0 bridgehead atoms. The molecule has 0 radical (unpaired) electrons. The van der Waals surface area contributed by atoms with Gasteiger partial charge in [-0.3, -0.25) is 0 Å². The summed E-state index contributed by atoms with van der Waals surface area (Å²) in [7, 11) is -2.69. The van der Waals surface area contributed by atoms with E-state index in [2.05, 4.69) is 0 Å². The number of hydrogen-bond acceptors (Lipinski definition) is 3. The molecule has 2 unspecified atom stereocenters. The van der Waals surface area contributed by atoms with Gasteiger partial charge in [0.15, 0.2) is 0 Å². The predicted molar refractivity (Wildman–Crippen MR) is 69.6 cm³/mol. The van der Waals surface area contributed by atoms with E-state index in [1.165, 1.54) is 7.05 Å². The van der Waals surface area contributed by atoms with E-state index in [9.17, 15) is 22.3 Å². The summed E-state index contributed by atoms with van der Waals surface area (Å²) in [5.74, 6) is -1.89. The molecule has 0 aliphatic heterocycles. The molecule has 0 spiro atoms. The fourth-order valence-corrected chi connectivity index (χ4v) is 4.00. The summed E-state index contributed by atoms with van der Waals surface area (Å²) >= 11 is 0. The Balaban J connectivity index is 2.33. The summed E-state index contributed by atoms with van der Waals surface area (Å²) in [6.07, 6.45) is 1.98. The first-order valence-electron chi connectivity index (χ1n) is 6.44. The van der Waals surface area contributed by atoms with Gasteiger partial charge in [-0.15, -0.1) is 0 Å². The van der Waals surface area contributed by atoms with Gasteiger partial charge in [-0.2, -0.15) is 4.31 Å². The Bertz CT molecular complexity index is 571. The fraction of sp³-hybridized carbons (Fsp3) is 0.538. The van der Waals surface area contributed by atoms with Crippen molar-refractivity contribution in [2.45, 2.75) is 42.7 Å². The van der Waals surface area contributed by atoms with Crippen molar-refractivity contribution in [3.63, 3.8) is 0 Å². The average Bonchev–Trinajstić information content (AvgIpc) is 2.37. The molecular weight excluding hydrogens is 288 g/mol. The summed E-state index contributed by atoms with van der Waals surface area (Å²) in [4.78, 5) is -0.435. The molecule has 20 heavy (non-hydrogen) atoms. The third-order valence-corrected chi connectivity index (χ3v) is 5.53. The molecule has 1 fully saturated rings. The average molecular weight is 305 g/mol. The number of halogens is 2. The minimum atomic E-state index is -4.02. The summed E-state index contributed by atoms with van der Waals surface area (Å²) in [5.41, 5.74) is 0. The van der Waals surface area contributed by atoms with Gasteiger partial charge in [0, 0.05) is 13.1 Å². The Morgan fingerprint density at radius 1 is 1.15 bits per heavy atom. The van der Waals surface area contributed by atoms with Crippen molar-refractivity contribution in [3.8, 4) is 0 Å². The van der Waals surface area contributed by atoms with Crippen LogP contribution < -0.4 is 0 Å². The van der Waals surface area contributed by atoms with Crippen molar-refractivity contribution in [1.29, 1.82) is 0 Å². The minimum Gasteiger partial charge on any atom is -0.391 e. The first-order chi connectivity index (χ1) is 9.32. The number of likely N-dealkylation sites (N-methyl/N-ethyl adjacent to an activating group) is 1. The van der Waals surface area contributed by atoms with Crippen LogP contribution in [0.4, 0.5) is 8.78 Å². The Hall–Kier alpha value is -1.05. The summed E-state index contributed by atoms with van der Waals surface area (Å²) < 4.78 is 52.1. The zero-order valence-corrected chi connectivity index (χ0v) is 11.9. The summed E-state index contributed by atoms with van der Waals surface area (Å²) in [6.45, 7) is 0. The van der Waals surface area contributed by atoms with Gasteiger partial charge in [0.25, 0.3) is 0 Å². The minimum absolute atomic E-state index is 0.435. The number of nitrogens with zero attached hydrogens (tertiary/aromatic N) is 1. The standard InChI is InChI=1S/C13H17F2NO3S/c1-16(12-4-2-3-5-13(12)17)20(18,19)11-7-9(14)6-10(15)8-11/h6-8,12-13,17H,2-5H2,1H3. The molecule has 1 aliphatic carbocycles. The molecule has 1 aromatic carbocycles. The molecule has 2 rings (SSSR count). The lowest BCUT2D eigenvalue weighted by molar-refractivity contribution is 0.0638. The van der Waals surface area contributed by atoms with Crippen LogP contribution in [-0.2, 0) is 10.0 Å². The van der Waals surface area contributed by atoms with Crippen LogP contribution in [0.1, 0.15) is 25.7 Å². The van der Waals surface area contributed by atoms with Gasteiger partial charge in [0.05, 0.1) is 17.0 Å². The number of rotatable bonds is 3. The second-order valence-corrected chi connectivity index (χ2v) is 7.04. The lowest BCUT2D eigenvalue weighted by Crippen LogP contribution is -2.46. The molecule has 0 aromatic heterocycles. The molecule has 0 saturated heterocycles.